The Kier molecular flexibility index (Phi) is 6.84. The van der Waals surface area contributed by atoms with Crippen molar-refractivity contribution in [3.05, 3.63) is 46.8 Å². The smallest absolute Gasteiger partial charge is 0.239 e. The van der Waals surface area contributed by atoms with Gasteiger partial charge in [-0.05, 0) is 48.0 Å². The molecule has 1 aromatic carbocycles. The second-order valence-electron chi connectivity index (χ2n) is 9.89. The van der Waals surface area contributed by atoms with E-state index >= 15 is 0 Å². The van der Waals surface area contributed by atoms with Crippen LogP contribution in [0.2, 0.25) is 0 Å². The average molecular weight is 496 g/mol. The Balaban J connectivity index is 1.49. The molecule has 3 heterocycles. The van der Waals surface area contributed by atoms with Gasteiger partial charge in [0, 0.05) is 30.3 Å². The van der Waals surface area contributed by atoms with Crippen molar-refractivity contribution in [1.29, 1.82) is 0 Å². The van der Waals surface area contributed by atoms with E-state index in [4.69, 9.17) is 14.6 Å². The zero-order chi connectivity index (χ0) is 25.3. The maximum atomic E-state index is 12.6. The minimum atomic E-state index is -0.174. The number of rotatable bonds is 8. The third kappa shape index (κ3) is 5.64. The Morgan fingerprint density at radius 3 is 2.51 bits per heavy atom. The van der Waals surface area contributed by atoms with E-state index < -0.39 is 0 Å². The van der Waals surface area contributed by atoms with Gasteiger partial charge in [-0.25, -0.2) is 4.98 Å². The summed E-state index contributed by atoms with van der Waals surface area (Å²) in [5, 5.41) is 16.0. The fraction of sp³-hybridized carbons (Fsp3) is 0.440. The van der Waals surface area contributed by atoms with Crippen molar-refractivity contribution in [1.82, 2.24) is 25.1 Å². The molecule has 186 valence electrons. The summed E-state index contributed by atoms with van der Waals surface area (Å²) < 4.78 is 7.03. The van der Waals surface area contributed by atoms with Gasteiger partial charge in [0.25, 0.3) is 0 Å². The van der Waals surface area contributed by atoms with Crippen molar-refractivity contribution in [3.8, 4) is 11.3 Å². The van der Waals surface area contributed by atoms with Crippen molar-refractivity contribution in [3.63, 3.8) is 0 Å². The molecule has 9 nitrogen and oxygen atoms in total. The van der Waals surface area contributed by atoms with Gasteiger partial charge in [-0.1, -0.05) is 46.3 Å². The number of aryl methyl sites for hydroxylation is 3. The SMILES string of the molecule is Cc1ccc(-c2nc3sc(N(C)CC(=O)NCCc4c(C)noc4C)nn3c2NC(C)(C)C)cc1. The fourth-order valence-electron chi connectivity index (χ4n) is 3.80. The fourth-order valence-corrected chi connectivity index (χ4v) is 4.66. The first kappa shape index (κ1) is 24.7. The summed E-state index contributed by atoms with van der Waals surface area (Å²) in [6.45, 7) is 12.9. The average Bonchev–Trinajstić information content (AvgIpc) is 3.43. The van der Waals surface area contributed by atoms with Crippen molar-refractivity contribution in [2.24, 2.45) is 0 Å². The first-order chi connectivity index (χ1) is 16.5. The lowest BCUT2D eigenvalue weighted by molar-refractivity contribution is -0.119. The molecule has 0 spiro atoms. The van der Waals surface area contributed by atoms with Gasteiger partial charge in [0.1, 0.15) is 11.5 Å². The number of likely N-dealkylation sites (N-methyl/N-ethyl adjacent to an activating group) is 1. The summed E-state index contributed by atoms with van der Waals surface area (Å²) >= 11 is 1.46. The number of imidazole rings is 1. The number of benzene rings is 1. The van der Waals surface area contributed by atoms with E-state index in [9.17, 15) is 4.79 Å². The molecule has 0 saturated heterocycles. The highest BCUT2D eigenvalue weighted by molar-refractivity contribution is 7.20. The molecule has 35 heavy (non-hydrogen) atoms. The van der Waals surface area contributed by atoms with Crippen molar-refractivity contribution >= 4 is 33.2 Å². The predicted molar refractivity (Wildman–Crippen MR) is 140 cm³/mol. The van der Waals surface area contributed by atoms with Crippen LogP contribution >= 0.6 is 11.3 Å². The highest BCUT2D eigenvalue weighted by Crippen LogP contribution is 2.34. The van der Waals surface area contributed by atoms with Crippen LogP contribution in [0.1, 0.15) is 43.4 Å². The van der Waals surface area contributed by atoms with E-state index in [0.717, 1.165) is 44.2 Å². The van der Waals surface area contributed by atoms with E-state index in [0.29, 0.717) is 13.0 Å². The van der Waals surface area contributed by atoms with Crippen molar-refractivity contribution in [2.75, 3.05) is 30.4 Å². The normalized spacial score (nSPS) is 11.7. The number of anilines is 2. The van der Waals surface area contributed by atoms with Gasteiger partial charge in [0.05, 0.1) is 12.2 Å². The van der Waals surface area contributed by atoms with Crippen LogP contribution in [0.5, 0.6) is 0 Å². The quantitative estimate of drug-likeness (QED) is 0.374. The molecular formula is C25H33N7O2S. The molecule has 0 atom stereocenters. The molecule has 10 heteroatoms. The number of hydrogen-bond acceptors (Lipinski definition) is 8. The third-order valence-corrected chi connectivity index (χ3v) is 6.62. The molecule has 0 fully saturated rings. The molecule has 0 unspecified atom stereocenters. The number of amides is 1. The Labute approximate surface area is 209 Å². The van der Waals surface area contributed by atoms with Gasteiger partial charge < -0.3 is 20.1 Å². The van der Waals surface area contributed by atoms with E-state index in [1.165, 1.54) is 16.9 Å². The monoisotopic (exact) mass is 495 g/mol. The van der Waals surface area contributed by atoms with Gasteiger partial charge in [-0.3, -0.25) is 4.79 Å². The van der Waals surface area contributed by atoms with Crippen LogP contribution < -0.4 is 15.5 Å². The molecule has 4 aromatic rings. The molecule has 0 radical (unpaired) electrons. The molecule has 0 aliphatic rings. The van der Waals surface area contributed by atoms with Gasteiger partial charge in [0.2, 0.25) is 16.0 Å². The molecule has 0 bridgehead atoms. The second kappa shape index (κ2) is 9.69. The summed E-state index contributed by atoms with van der Waals surface area (Å²) in [6, 6.07) is 8.33. The van der Waals surface area contributed by atoms with Gasteiger partial charge in [0.15, 0.2) is 5.82 Å². The van der Waals surface area contributed by atoms with Crippen molar-refractivity contribution < 1.29 is 9.32 Å². The standard InChI is InChI=1S/C25H33N7O2S/c1-15-8-10-18(11-9-15)21-22(28-25(4,5)6)32-23(27-21)35-24(29-32)31(7)14-20(33)26-13-12-19-16(2)30-34-17(19)3/h8-11,28H,12-14H2,1-7H3,(H,26,33). The number of nitrogens with one attached hydrogen (secondary N) is 2. The Bertz CT molecular complexity index is 1310. The lowest BCUT2D eigenvalue weighted by Gasteiger charge is -2.22. The number of aromatic nitrogens is 4. The zero-order valence-electron chi connectivity index (χ0n) is 21.4. The van der Waals surface area contributed by atoms with Gasteiger partial charge in [-0.15, -0.1) is 5.10 Å². The maximum absolute atomic E-state index is 12.6. The Morgan fingerprint density at radius 1 is 1.17 bits per heavy atom. The van der Waals surface area contributed by atoms with Crippen LogP contribution in [0, 0.1) is 20.8 Å². The highest BCUT2D eigenvalue weighted by atomic mass is 32.1. The minimum Gasteiger partial charge on any atom is -0.364 e. The molecular weight excluding hydrogens is 462 g/mol. The molecule has 2 N–H and O–H groups in total. The summed E-state index contributed by atoms with van der Waals surface area (Å²) in [5.41, 5.74) is 4.84. The summed E-state index contributed by atoms with van der Waals surface area (Å²) in [5.74, 6) is 1.57. The second-order valence-corrected chi connectivity index (χ2v) is 10.8. The molecule has 1 amide bonds. The molecule has 0 aliphatic carbocycles. The van der Waals surface area contributed by atoms with Crippen LogP contribution in [-0.2, 0) is 11.2 Å². The topological polar surface area (TPSA) is 101 Å². The zero-order valence-corrected chi connectivity index (χ0v) is 22.2. The highest BCUT2D eigenvalue weighted by Gasteiger charge is 2.23. The lowest BCUT2D eigenvalue weighted by Crippen LogP contribution is -2.36. The Hall–Kier alpha value is -3.40. The minimum absolute atomic E-state index is 0.0690. The molecule has 0 aliphatic heterocycles. The number of hydrogen-bond donors (Lipinski definition) is 2. The molecule has 4 rings (SSSR count). The summed E-state index contributed by atoms with van der Waals surface area (Å²) in [7, 11) is 1.86. The van der Waals surface area contributed by atoms with E-state index in [1.807, 2.05) is 30.3 Å². The summed E-state index contributed by atoms with van der Waals surface area (Å²) in [6.07, 6.45) is 0.686. The molecule has 0 saturated carbocycles. The van der Waals surface area contributed by atoms with Crippen LogP contribution in [-0.4, -0.2) is 51.3 Å². The van der Waals surface area contributed by atoms with E-state index in [1.54, 1.807) is 0 Å². The lowest BCUT2D eigenvalue weighted by atomic mass is 10.1. The van der Waals surface area contributed by atoms with Crippen LogP contribution in [0.25, 0.3) is 16.2 Å². The number of carbonyl (C=O) groups is 1. The Morgan fingerprint density at radius 2 is 1.89 bits per heavy atom. The first-order valence-corrected chi connectivity index (χ1v) is 12.5. The van der Waals surface area contributed by atoms with E-state index in [-0.39, 0.29) is 18.0 Å². The van der Waals surface area contributed by atoms with Crippen molar-refractivity contribution in [2.45, 2.75) is 53.5 Å². The molecule has 3 aromatic heterocycles. The van der Waals surface area contributed by atoms with Crippen LogP contribution in [0.3, 0.4) is 0 Å². The summed E-state index contributed by atoms with van der Waals surface area (Å²) in [4.78, 5) is 20.1. The van der Waals surface area contributed by atoms with Gasteiger partial charge >= 0.3 is 0 Å². The number of fused-ring (bicyclic) bond motifs is 1. The maximum Gasteiger partial charge on any atom is 0.239 e. The van der Waals surface area contributed by atoms with E-state index in [2.05, 4.69) is 67.8 Å². The third-order valence-electron chi connectivity index (χ3n) is 5.60. The van der Waals surface area contributed by atoms with Crippen LogP contribution in [0.15, 0.2) is 28.8 Å². The van der Waals surface area contributed by atoms with Crippen LogP contribution in [0.4, 0.5) is 10.9 Å². The number of carbonyl (C=O) groups excluding carboxylic acids is 1. The number of nitrogens with zero attached hydrogens (tertiary/aromatic N) is 5. The van der Waals surface area contributed by atoms with Gasteiger partial charge in [-0.2, -0.15) is 4.52 Å². The largest absolute Gasteiger partial charge is 0.364 e. The predicted octanol–water partition coefficient (Wildman–Crippen LogP) is 4.38. The first-order valence-electron chi connectivity index (χ1n) is 11.7.